The second kappa shape index (κ2) is 3.26. The second-order valence-corrected chi connectivity index (χ2v) is 2.99. The van der Waals surface area contributed by atoms with Crippen molar-refractivity contribution in [2.24, 2.45) is 11.3 Å². The average Bonchev–Trinajstić information content (AvgIpc) is 2.47. The number of ether oxygens (including phenoxy) is 1. The van der Waals surface area contributed by atoms with Crippen LogP contribution in [0, 0.1) is 11.3 Å². The Kier molecular flexibility index (Phi) is 2.43. The predicted molar refractivity (Wildman–Crippen MR) is 39.6 cm³/mol. The number of rotatable bonds is 3. The molecule has 0 aromatic heterocycles. The molecule has 78 valence electrons. The van der Waals surface area contributed by atoms with Crippen LogP contribution in [0.1, 0.15) is 0 Å². The molecule has 0 amide bonds. The normalized spacial score (nSPS) is 24.4. The molecule has 1 saturated heterocycles. The molecular formula is C7H8O7. The van der Waals surface area contributed by atoms with E-state index in [0.717, 1.165) is 0 Å². The Morgan fingerprint density at radius 1 is 1.14 bits per heavy atom. The van der Waals surface area contributed by atoms with Crippen LogP contribution in [-0.4, -0.2) is 46.4 Å². The van der Waals surface area contributed by atoms with Crippen LogP contribution in [0.2, 0.25) is 0 Å². The molecule has 7 heteroatoms. The Hall–Kier alpha value is -1.63. The van der Waals surface area contributed by atoms with Crippen LogP contribution in [0.15, 0.2) is 0 Å². The van der Waals surface area contributed by atoms with Gasteiger partial charge in [-0.2, -0.15) is 0 Å². The van der Waals surface area contributed by atoms with Crippen molar-refractivity contribution in [2.45, 2.75) is 0 Å². The SMILES string of the molecule is O=C(O)C1COCC1(C(=O)O)C(=O)O. The van der Waals surface area contributed by atoms with Gasteiger partial charge in [-0.25, -0.2) is 0 Å². The highest BCUT2D eigenvalue weighted by molar-refractivity contribution is 6.02. The quantitative estimate of drug-likeness (QED) is 0.497. The van der Waals surface area contributed by atoms with Crippen molar-refractivity contribution in [1.29, 1.82) is 0 Å². The molecular weight excluding hydrogens is 196 g/mol. The van der Waals surface area contributed by atoms with Gasteiger partial charge < -0.3 is 20.1 Å². The van der Waals surface area contributed by atoms with E-state index in [1.165, 1.54) is 0 Å². The first-order chi connectivity index (χ1) is 6.43. The van der Waals surface area contributed by atoms with Crippen LogP contribution in [0.4, 0.5) is 0 Å². The van der Waals surface area contributed by atoms with Crippen LogP contribution >= 0.6 is 0 Å². The lowest BCUT2D eigenvalue weighted by molar-refractivity contribution is -0.172. The van der Waals surface area contributed by atoms with Gasteiger partial charge in [-0.1, -0.05) is 0 Å². The lowest BCUT2D eigenvalue weighted by Gasteiger charge is -2.21. The van der Waals surface area contributed by atoms with Crippen molar-refractivity contribution in [3.63, 3.8) is 0 Å². The van der Waals surface area contributed by atoms with E-state index in [1.54, 1.807) is 0 Å². The summed E-state index contributed by atoms with van der Waals surface area (Å²) in [6.07, 6.45) is 0. The van der Waals surface area contributed by atoms with E-state index in [4.69, 9.17) is 15.3 Å². The first-order valence-corrected chi connectivity index (χ1v) is 3.70. The lowest BCUT2D eigenvalue weighted by atomic mass is 9.78. The van der Waals surface area contributed by atoms with Crippen molar-refractivity contribution < 1.29 is 34.4 Å². The van der Waals surface area contributed by atoms with Gasteiger partial charge in [0.15, 0.2) is 0 Å². The fourth-order valence-corrected chi connectivity index (χ4v) is 1.38. The molecule has 0 aromatic carbocycles. The van der Waals surface area contributed by atoms with Gasteiger partial charge in [-0.3, -0.25) is 14.4 Å². The van der Waals surface area contributed by atoms with Gasteiger partial charge in [0.25, 0.3) is 0 Å². The van der Waals surface area contributed by atoms with Gasteiger partial charge in [-0.15, -0.1) is 0 Å². The first-order valence-electron chi connectivity index (χ1n) is 3.70. The summed E-state index contributed by atoms with van der Waals surface area (Å²) in [6, 6.07) is 0. The number of aliphatic carboxylic acids is 3. The molecule has 1 fully saturated rings. The summed E-state index contributed by atoms with van der Waals surface area (Å²) < 4.78 is 4.61. The van der Waals surface area contributed by atoms with Crippen LogP contribution in [-0.2, 0) is 19.1 Å². The third-order valence-corrected chi connectivity index (χ3v) is 2.27. The summed E-state index contributed by atoms with van der Waals surface area (Å²) in [6.45, 7) is -1.01. The molecule has 14 heavy (non-hydrogen) atoms. The van der Waals surface area contributed by atoms with E-state index in [2.05, 4.69) is 4.74 Å². The predicted octanol–water partition coefficient (Wildman–Crippen LogP) is -1.13. The van der Waals surface area contributed by atoms with E-state index in [-0.39, 0.29) is 0 Å². The zero-order chi connectivity index (χ0) is 10.9. The van der Waals surface area contributed by atoms with Gasteiger partial charge in [0.05, 0.1) is 13.2 Å². The number of hydrogen-bond acceptors (Lipinski definition) is 4. The van der Waals surface area contributed by atoms with Gasteiger partial charge in [0, 0.05) is 0 Å². The molecule has 1 heterocycles. The third kappa shape index (κ3) is 1.22. The van der Waals surface area contributed by atoms with Crippen molar-refractivity contribution in [1.82, 2.24) is 0 Å². The van der Waals surface area contributed by atoms with E-state index in [1.807, 2.05) is 0 Å². The number of carbonyl (C=O) groups is 3. The molecule has 0 spiro atoms. The maximum absolute atomic E-state index is 10.8. The molecule has 3 N–H and O–H groups in total. The molecule has 1 aliphatic heterocycles. The van der Waals surface area contributed by atoms with E-state index in [9.17, 15) is 14.4 Å². The van der Waals surface area contributed by atoms with Crippen LogP contribution in [0.25, 0.3) is 0 Å². The van der Waals surface area contributed by atoms with Crippen molar-refractivity contribution in [3.8, 4) is 0 Å². The summed E-state index contributed by atoms with van der Waals surface area (Å²) in [5, 5.41) is 26.1. The second-order valence-electron chi connectivity index (χ2n) is 2.99. The summed E-state index contributed by atoms with van der Waals surface area (Å²) >= 11 is 0. The monoisotopic (exact) mass is 204 g/mol. The minimum absolute atomic E-state index is 0.395. The molecule has 7 nitrogen and oxygen atoms in total. The maximum atomic E-state index is 10.8. The number of hydrogen-bond donors (Lipinski definition) is 3. The van der Waals surface area contributed by atoms with Gasteiger partial charge in [0.2, 0.25) is 5.41 Å². The first kappa shape index (κ1) is 10.5. The Labute approximate surface area is 77.9 Å². The molecule has 1 rings (SSSR count). The zero-order valence-corrected chi connectivity index (χ0v) is 6.97. The Morgan fingerprint density at radius 3 is 1.93 bits per heavy atom. The molecule has 0 radical (unpaired) electrons. The minimum atomic E-state index is -2.36. The fourth-order valence-electron chi connectivity index (χ4n) is 1.38. The standard InChI is InChI=1S/C7H8O7/c8-4(9)3-1-14-2-7(3,5(10)11)6(12)13/h3H,1-2H2,(H,8,9)(H,10,11)(H,12,13). The van der Waals surface area contributed by atoms with Gasteiger partial charge in [0.1, 0.15) is 5.92 Å². The fraction of sp³-hybridized carbons (Fsp3) is 0.571. The Bertz CT molecular complexity index is 280. The Balaban J connectivity index is 3.14. The summed E-state index contributed by atoms with van der Waals surface area (Å²) in [4.78, 5) is 32.1. The third-order valence-electron chi connectivity index (χ3n) is 2.27. The van der Waals surface area contributed by atoms with E-state index in [0.29, 0.717) is 0 Å². The largest absolute Gasteiger partial charge is 0.481 e. The van der Waals surface area contributed by atoms with Crippen LogP contribution in [0.5, 0.6) is 0 Å². The zero-order valence-electron chi connectivity index (χ0n) is 6.97. The van der Waals surface area contributed by atoms with Crippen LogP contribution < -0.4 is 0 Å². The highest BCUT2D eigenvalue weighted by Crippen LogP contribution is 2.35. The van der Waals surface area contributed by atoms with Crippen LogP contribution in [0.3, 0.4) is 0 Å². The summed E-state index contributed by atoms with van der Waals surface area (Å²) in [7, 11) is 0. The number of carboxylic acid groups (broad SMARTS) is 3. The summed E-state index contributed by atoms with van der Waals surface area (Å²) in [5.74, 6) is -6.39. The smallest absolute Gasteiger partial charge is 0.324 e. The minimum Gasteiger partial charge on any atom is -0.481 e. The molecule has 0 aromatic rings. The molecule has 1 atom stereocenters. The van der Waals surface area contributed by atoms with Gasteiger partial charge >= 0.3 is 17.9 Å². The molecule has 1 unspecified atom stereocenters. The van der Waals surface area contributed by atoms with Crippen molar-refractivity contribution in [2.75, 3.05) is 13.2 Å². The van der Waals surface area contributed by atoms with E-state index >= 15 is 0 Å². The Morgan fingerprint density at radius 2 is 1.64 bits per heavy atom. The maximum Gasteiger partial charge on any atom is 0.324 e. The highest BCUT2D eigenvalue weighted by atomic mass is 16.5. The lowest BCUT2D eigenvalue weighted by Crippen LogP contribution is -2.48. The topological polar surface area (TPSA) is 121 Å². The van der Waals surface area contributed by atoms with Gasteiger partial charge in [-0.05, 0) is 0 Å². The van der Waals surface area contributed by atoms with E-state index < -0.39 is 42.5 Å². The molecule has 0 bridgehead atoms. The number of carboxylic acids is 3. The van der Waals surface area contributed by atoms with Crippen molar-refractivity contribution in [3.05, 3.63) is 0 Å². The molecule has 1 aliphatic rings. The van der Waals surface area contributed by atoms with Crippen molar-refractivity contribution >= 4 is 17.9 Å². The molecule has 0 saturated carbocycles. The summed E-state index contributed by atoms with van der Waals surface area (Å²) in [5.41, 5.74) is -2.36. The highest BCUT2D eigenvalue weighted by Gasteiger charge is 2.60. The molecule has 0 aliphatic carbocycles. The average molecular weight is 204 g/mol.